The van der Waals surface area contributed by atoms with Gasteiger partial charge >= 0.3 is 0 Å². The van der Waals surface area contributed by atoms with Crippen LogP contribution in [0.15, 0.2) is 36.7 Å². The fourth-order valence-corrected chi connectivity index (χ4v) is 1.58. The molecule has 2 aromatic rings. The van der Waals surface area contributed by atoms with Crippen LogP contribution in [0, 0.1) is 0 Å². The maximum Gasteiger partial charge on any atom is 0.248 e. The summed E-state index contributed by atoms with van der Waals surface area (Å²) in [6.45, 7) is 1.73. The highest BCUT2D eigenvalue weighted by atomic mass is 35.5. The van der Waals surface area contributed by atoms with E-state index in [1.165, 1.54) is 12.1 Å². The van der Waals surface area contributed by atoms with E-state index in [2.05, 4.69) is 10.4 Å². The van der Waals surface area contributed by atoms with Gasteiger partial charge < -0.3 is 10.4 Å². The molecule has 0 aliphatic rings. The molecule has 0 radical (unpaired) electrons. The van der Waals surface area contributed by atoms with Crippen LogP contribution in [0.5, 0.6) is 5.75 Å². The quantitative estimate of drug-likeness (QED) is 0.896. The number of benzene rings is 1. The molecule has 2 rings (SSSR count). The zero-order chi connectivity index (χ0) is 13.1. The number of carbonyl (C=O) groups excluding carboxylic acids is 1. The van der Waals surface area contributed by atoms with E-state index in [0.717, 1.165) is 0 Å². The molecule has 2 N–H and O–H groups in total. The first-order valence-corrected chi connectivity index (χ1v) is 5.74. The molecule has 18 heavy (non-hydrogen) atoms. The van der Waals surface area contributed by atoms with Crippen molar-refractivity contribution < 1.29 is 9.90 Å². The molecule has 94 valence electrons. The van der Waals surface area contributed by atoms with Gasteiger partial charge in [0.15, 0.2) is 0 Å². The normalized spacial score (nSPS) is 12.1. The molecule has 0 aliphatic carbocycles. The smallest absolute Gasteiger partial charge is 0.248 e. The number of anilines is 1. The maximum atomic E-state index is 11.9. The lowest BCUT2D eigenvalue weighted by Crippen LogP contribution is -2.23. The minimum absolute atomic E-state index is 0.0683. The number of rotatable bonds is 3. The van der Waals surface area contributed by atoms with Crippen LogP contribution >= 0.6 is 11.6 Å². The summed E-state index contributed by atoms with van der Waals surface area (Å²) in [6, 6.07) is 5.85. The molecule has 1 aromatic carbocycles. The van der Waals surface area contributed by atoms with Crippen molar-refractivity contribution in [3.8, 4) is 5.75 Å². The molecule has 1 amide bonds. The van der Waals surface area contributed by atoms with Crippen molar-refractivity contribution in [2.75, 3.05) is 5.32 Å². The summed E-state index contributed by atoms with van der Waals surface area (Å²) in [5.41, 5.74) is 0.487. The van der Waals surface area contributed by atoms with Crippen LogP contribution in [0.25, 0.3) is 0 Å². The molecule has 0 saturated heterocycles. The van der Waals surface area contributed by atoms with E-state index in [0.29, 0.717) is 5.69 Å². The highest BCUT2D eigenvalue weighted by Crippen LogP contribution is 2.26. The fourth-order valence-electron chi connectivity index (χ4n) is 1.47. The predicted molar refractivity (Wildman–Crippen MR) is 68.7 cm³/mol. The Balaban J connectivity index is 2.09. The van der Waals surface area contributed by atoms with Gasteiger partial charge in [0.05, 0.1) is 5.02 Å². The van der Waals surface area contributed by atoms with Gasteiger partial charge in [-0.25, -0.2) is 0 Å². The van der Waals surface area contributed by atoms with Crippen molar-refractivity contribution in [3.63, 3.8) is 0 Å². The van der Waals surface area contributed by atoms with Crippen LogP contribution in [0.2, 0.25) is 5.02 Å². The van der Waals surface area contributed by atoms with Crippen LogP contribution in [0.4, 0.5) is 5.69 Å². The summed E-state index contributed by atoms with van der Waals surface area (Å²) in [5, 5.41) is 16.4. The first-order valence-electron chi connectivity index (χ1n) is 5.36. The topological polar surface area (TPSA) is 67.2 Å². The molecular weight excluding hydrogens is 254 g/mol. The maximum absolute atomic E-state index is 11.9. The number of phenols is 1. The third-order valence-electron chi connectivity index (χ3n) is 2.51. The minimum Gasteiger partial charge on any atom is -0.506 e. The second-order valence-corrected chi connectivity index (χ2v) is 4.22. The molecule has 0 aliphatic heterocycles. The number of halogens is 1. The van der Waals surface area contributed by atoms with Gasteiger partial charge in [-0.3, -0.25) is 9.48 Å². The van der Waals surface area contributed by atoms with Crippen molar-refractivity contribution in [3.05, 3.63) is 41.7 Å². The van der Waals surface area contributed by atoms with E-state index in [-0.39, 0.29) is 16.7 Å². The van der Waals surface area contributed by atoms with Crippen molar-refractivity contribution in [1.29, 1.82) is 0 Å². The number of amides is 1. The predicted octanol–water partition coefficient (Wildman–Crippen LogP) is 2.44. The van der Waals surface area contributed by atoms with Gasteiger partial charge in [-0.05, 0) is 25.1 Å². The first-order chi connectivity index (χ1) is 8.58. The van der Waals surface area contributed by atoms with Crippen LogP contribution in [0.3, 0.4) is 0 Å². The number of hydrogen-bond acceptors (Lipinski definition) is 3. The largest absolute Gasteiger partial charge is 0.506 e. The fraction of sp³-hybridized carbons (Fsp3) is 0.167. The standard InChI is InChI=1S/C12H12ClN3O2/c1-8(16-6-2-5-14-16)12(18)15-9-3-4-10(13)11(17)7-9/h2-8,17H,1H3,(H,15,18). The van der Waals surface area contributed by atoms with Crippen molar-refractivity contribution >= 4 is 23.2 Å². The lowest BCUT2D eigenvalue weighted by molar-refractivity contribution is -0.119. The molecule has 0 spiro atoms. The zero-order valence-corrected chi connectivity index (χ0v) is 10.4. The van der Waals surface area contributed by atoms with Crippen molar-refractivity contribution in [2.24, 2.45) is 0 Å². The zero-order valence-electron chi connectivity index (χ0n) is 9.67. The number of nitrogens with zero attached hydrogens (tertiary/aromatic N) is 2. The second-order valence-electron chi connectivity index (χ2n) is 3.82. The van der Waals surface area contributed by atoms with Gasteiger partial charge in [-0.2, -0.15) is 5.10 Å². The molecular formula is C12H12ClN3O2. The number of aromatic hydroxyl groups is 1. The number of phenolic OH excluding ortho intramolecular Hbond substituents is 1. The monoisotopic (exact) mass is 265 g/mol. The van der Waals surface area contributed by atoms with E-state index < -0.39 is 6.04 Å². The number of carbonyl (C=O) groups is 1. The second kappa shape index (κ2) is 5.10. The third kappa shape index (κ3) is 2.62. The van der Waals surface area contributed by atoms with Crippen LogP contribution in [0.1, 0.15) is 13.0 Å². The van der Waals surface area contributed by atoms with Gasteiger partial charge in [-0.15, -0.1) is 0 Å². The van der Waals surface area contributed by atoms with E-state index in [1.807, 2.05) is 0 Å². The van der Waals surface area contributed by atoms with E-state index in [1.54, 1.807) is 36.1 Å². The molecule has 0 fully saturated rings. The molecule has 0 bridgehead atoms. The van der Waals surface area contributed by atoms with Gasteiger partial charge in [-0.1, -0.05) is 11.6 Å². The molecule has 5 nitrogen and oxygen atoms in total. The minimum atomic E-state index is -0.433. The summed E-state index contributed by atoms with van der Waals surface area (Å²) in [7, 11) is 0. The average molecular weight is 266 g/mol. The van der Waals surface area contributed by atoms with Crippen molar-refractivity contribution in [1.82, 2.24) is 9.78 Å². The highest BCUT2D eigenvalue weighted by molar-refractivity contribution is 6.32. The molecule has 1 aromatic heterocycles. The van der Waals surface area contributed by atoms with Crippen LogP contribution in [-0.2, 0) is 4.79 Å². The summed E-state index contributed by atoms with van der Waals surface area (Å²) in [6.07, 6.45) is 3.32. The highest BCUT2D eigenvalue weighted by Gasteiger charge is 2.15. The lowest BCUT2D eigenvalue weighted by Gasteiger charge is -2.12. The first kappa shape index (κ1) is 12.4. The van der Waals surface area contributed by atoms with Crippen LogP contribution < -0.4 is 5.32 Å². The Morgan fingerprint density at radius 1 is 1.56 bits per heavy atom. The van der Waals surface area contributed by atoms with Gasteiger partial charge in [0.1, 0.15) is 11.8 Å². The Hall–Kier alpha value is -2.01. The number of aromatic nitrogens is 2. The average Bonchev–Trinajstić information content (AvgIpc) is 2.86. The summed E-state index contributed by atoms with van der Waals surface area (Å²) in [4.78, 5) is 11.9. The third-order valence-corrected chi connectivity index (χ3v) is 2.83. The SMILES string of the molecule is CC(C(=O)Nc1ccc(Cl)c(O)c1)n1cccn1. The molecule has 0 saturated carbocycles. The summed E-state index contributed by atoms with van der Waals surface area (Å²) < 4.78 is 1.55. The van der Waals surface area contributed by atoms with Gasteiger partial charge in [0.2, 0.25) is 5.91 Å². The number of nitrogens with one attached hydrogen (secondary N) is 1. The molecule has 6 heteroatoms. The van der Waals surface area contributed by atoms with E-state index >= 15 is 0 Å². The molecule has 1 atom stereocenters. The Morgan fingerprint density at radius 3 is 2.94 bits per heavy atom. The summed E-state index contributed by atoms with van der Waals surface area (Å²) >= 11 is 5.68. The van der Waals surface area contributed by atoms with Gasteiger partial charge in [0, 0.05) is 24.1 Å². The molecule has 1 heterocycles. The molecule has 1 unspecified atom stereocenters. The van der Waals surface area contributed by atoms with E-state index in [9.17, 15) is 9.90 Å². The van der Waals surface area contributed by atoms with Crippen molar-refractivity contribution in [2.45, 2.75) is 13.0 Å². The van der Waals surface area contributed by atoms with Crippen LogP contribution in [-0.4, -0.2) is 20.8 Å². The Labute approximate surface area is 109 Å². The Bertz CT molecular complexity index is 554. The Morgan fingerprint density at radius 2 is 2.33 bits per heavy atom. The lowest BCUT2D eigenvalue weighted by atomic mass is 10.2. The summed E-state index contributed by atoms with van der Waals surface area (Å²) in [5.74, 6) is -0.290. The Kier molecular flexibility index (Phi) is 3.53. The van der Waals surface area contributed by atoms with Gasteiger partial charge in [0.25, 0.3) is 0 Å². The van der Waals surface area contributed by atoms with E-state index in [4.69, 9.17) is 11.6 Å². The number of hydrogen-bond donors (Lipinski definition) is 2.